The van der Waals surface area contributed by atoms with Crippen molar-refractivity contribution >= 4 is 32.3 Å². The maximum absolute atomic E-state index is 5.16. The summed E-state index contributed by atoms with van der Waals surface area (Å²) < 4.78 is 0. The molecule has 6 heterocycles. The van der Waals surface area contributed by atoms with Gasteiger partial charge in [0.15, 0.2) is 0 Å². The van der Waals surface area contributed by atoms with Gasteiger partial charge < -0.3 is 0 Å². The van der Waals surface area contributed by atoms with Crippen molar-refractivity contribution in [3.63, 3.8) is 0 Å². The van der Waals surface area contributed by atoms with Crippen molar-refractivity contribution in [2.45, 2.75) is 0 Å². The number of aromatic nitrogens is 6. The first kappa shape index (κ1) is 31.3. The van der Waals surface area contributed by atoms with Crippen LogP contribution in [-0.4, -0.2) is 29.9 Å². The lowest BCUT2D eigenvalue weighted by Crippen LogP contribution is -1.92. The van der Waals surface area contributed by atoms with Gasteiger partial charge >= 0.3 is 0 Å². The average molecular weight is 691 g/mol. The molecule has 0 atom stereocenters. The van der Waals surface area contributed by atoms with Crippen LogP contribution in [0.3, 0.4) is 0 Å². The topological polar surface area (TPSA) is 77.3 Å². The van der Waals surface area contributed by atoms with Crippen molar-refractivity contribution in [2.24, 2.45) is 0 Å². The fourth-order valence-electron chi connectivity index (χ4n) is 7.35. The molecule has 0 unspecified atom stereocenters. The Kier molecular flexibility index (Phi) is 7.69. The van der Waals surface area contributed by atoms with Crippen LogP contribution in [0, 0.1) is 0 Å². The molecule has 10 aromatic rings. The highest BCUT2D eigenvalue weighted by molar-refractivity contribution is 6.26. The van der Waals surface area contributed by atoms with E-state index in [4.69, 9.17) is 9.97 Å². The van der Waals surface area contributed by atoms with Crippen molar-refractivity contribution in [3.05, 3.63) is 183 Å². The molecule has 0 aliphatic carbocycles. The Balaban J connectivity index is 1.08. The molecule has 252 valence electrons. The SMILES string of the molecule is c1cc(-c2cncc(-c3ccncc3)c2)nc(-c2ccc3c4ccccc4c4ccc(-c5cccc(-c6cncc(-c7ccncc7)c6)n5)cc4c3c2)c1. The predicted octanol–water partition coefficient (Wildman–Crippen LogP) is 11.5. The third kappa shape index (κ3) is 5.72. The monoisotopic (exact) mass is 690 g/mol. The van der Waals surface area contributed by atoms with E-state index in [1.807, 2.05) is 61.2 Å². The molecule has 6 nitrogen and oxygen atoms in total. The number of fused-ring (bicyclic) bond motifs is 6. The van der Waals surface area contributed by atoms with E-state index in [-0.39, 0.29) is 0 Å². The van der Waals surface area contributed by atoms with Gasteiger partial charge in [0.1, 0.15) is 0 Å². The van der Waals surface area contributed by atoms with Crippen molar-refractivity contribution in [2.75, 3.05) is 0 Å². The highest BCUT2D eigenvalue weighted by atomic mass is 14.7. The normalized spacial score (nSPS) is 11.3. The van der Waals surface area contributed by atoms with Gasteiger partial charge in [0.25, 0.3) is 0 Å². The first-order valence-electron chi connectivity index (χ1n) is 17.8. The third-order valence-electron chi connectivity index (χ3n) is 10.0. The second kappa shape index (κ2) is 13.3. The summed E-state index contributed by atoms with van der Waals surface area (Å²) >= 11 is 0. The summed E-state index contributed by atoms with van der Waals surface area (Å²) in [4.78, 5) is 27.7. The van der Waals surface area contributed by atoms with E-state index < -0.39 is 0 Å². The van der Waals surface area contributed by atoms with Gasteiger partial charge in [-0.25, -0.2) is 9.97 Å². The Labute approximate surface area is 311 Å². The third-order valence-corrected chi connectivity index (χ3v) is 10.0. The molecular weight excluding hydrogens is 661 g/mol. The Morgan fingerprint density at radius 1 is 0.241 bits per heavy atom. The van der Waals surface area contributed by atoms with Crippen LogP contribution in [0.5, 0.6) is 0 Å². The van der Waals surface area contributed by atoms with Crippen molar-refractivity contribution < 1.29 is 0 Å². The van der Waals surface area contributed by atoms with Crippen LogP contribution < -0.4 is 0 Å². The first-order valence-corrected chi connectivity index (χ1v) is 17.8. The number of rotatable bonds is 6. The van der Waals surface area contributed by atoms with E-state index in [0.29, 0.717) is 0 Å². The molecule has 4 aromatic carbocycles. The molecule has 10 rings (SSSR count). The van der Waals surface area contributed by atoms with E-state index in [2.05, 4.69) is 117 Å². The van der Waals surface area contributed by atoms with Crippen molar-refractivity contribution in [1.82, 2.24) is 29.9 Å². The van der Waals surface area contributed by atoms with Gasteiger partial charge in [-0.15, -0.1) is 0 Å². The minimum Gasteiger partial charge on any atom is -0.265 e. The number of hydrogen-bond acceptors (Lipinski definition) is 6. The summed E-state index contributed by atoms with van der Waals surface area (Å²) in [5, 5.41) is 7.18. The molecule has 0 N–H and O–H groups in total. The van der Waals surface area contributed by atoms with E-state index in [1.54, 1.807) is 24.8 Å². The highest BCUT2D eigenvalue weighted by Gasteiger charge is 2.14. The Hall–Kier alpha value is -7.44. The largest absolute Gasteiger partial charge is 0.265 e. The van der Waals surface area contributed by atoms with E-state index in [1.165, 1.54) is 32.3 Å². The molecule has 0 aliphatic rings. The Morgan fingerprint density at radius 3 is 1.07 bits per heavy atom. The zero-order valence-corrected chi connectivity index (χ0v) is 29.0. The van der Waals surface area contributed by atoms with Crippen molar-refractivity contribution in [1.29, 1.82) is 0 Å². The summed E-state index contributed by atoms with van der Waals surface area (Å²) in [6, 6.07) is 46.7. The fraction of sp³-hybridized carbons (Fsp3) is 0. The second-order valence-electron chi connectivity index (χ2n) is 13.3. The summed E-state index contributed by atoms with van der Waals surface area (Å²) in [7, 11) is 0. The van der Waals surface area contributed by atoms with Crippen LogP contribution in [0.15, 0.2) is 183 Å². The summed E-state index contributed by atoms with van der Waals surface area (Å²) in [5.74, 6) is 0. The van der Waals surface area contributed by atoms with Gasteiger partial charge in [-0.2, -0.15) is 0 Å². The van der Waals surface area contributed by atoms with Gasteiger partial charge in [0.2, 0.25) is 0 Å². The predicted molar refractivity (Wildman–Crippen MR) is 218 cm³/mol. The molecule has 0 fully saturated rings. The van der Waals surface area contributed by atoms with E-state index >= 15 is 0 Å². The molecule has 54 heavy (non-hydrogen) atoms. The maximum atomic E-state index is 5.16. The minimum absolute atomic E-state index is 0.870. The van der Waals surface area contributed by atoms with Crippen LogP contribution in [0.2, 0.25) is 0 Å². The number of nitrogens with zero attached hydrogens (tertiary/aromatic N) is 6. The maximum Gasteiger partial charge on any atom is 0.0725 e. The smallest absolute Gasteiger partial charge is 0.0725 e. The number of pyridine rings is 6. The van der Waals surface area contributed by atoms with Gasteiger partial charge in [-0.3, -0.25) is 19.9 Å². The molecule has 6 heteroatoms. The number of benzene rings is 4. The molecule has 0 saturated heterocycles. The van der Waals surface area contributed by atoms with Crippen LogP contribution in [0.4, 0.5) is 0 Å². The van der Waals surface area contributed by atoms with Crippen LogP contribution >= 0.6 is 0 Å². The Morgan fingerprint density at radius 2 is 0.630 bits per heavy atom. The van der Waals surface area contributed by atoms with Crippen molar-refractivity contribution in [3.8, 4) is 67.3 Å². The number of hydrogen-bond donors (Lipinski definition) is 0. The summed E-state index contributed by atoms with van der Waals surface area (Å²) in [6.45, 7) is 0. The average Bonchev–Trinajstić information content (AvgIpc) is 3.27. The lowest BCUT2D eigenvalue weighted by atomic mass is 9.91. The second-order valence-corrected chi connectivity index (χ2v) is 13.3. The summed E-state index contributed by atoms with van der Waals surface area (Å²) in [6.07, 6.45) is 14.7. The fourth-order valence-corrected chi connectivity index (χ4v) is 7.35. The molecule has 0 spiro atoms. The van der Waals surface area contributed by atoms with Crippen LogP contribution in [0.1, 0.15) is 0 Å². The van der Waals surface area contributed by atoms with E-state index in [0.717, 1.165) is 67.3 Å². The van der Waals surface area contributed by atoms with Crippen LogP contribution in [0.25, 0.3) is 99.6 Å². The zero-order chi connectivity index (χ0) is 35.8. The quantitative estimate of drug-likeness (QED) is 0.162. The van der Waals surface area contributed by atoms with Gasteiger partial charge in [0.05, 0.1) is 22.8 Å². The Bertz CT molecular complexity index is 2790. The molecule has 0 saturated carbocycles. The van der Waals surface area contributed by atoms with Crippen LogP contribution in [-0.2, 0) is 0 Å². The van der Waals surface area contributed by atoms with Gasteiger partial charge in [-0.05, 0) is 116 Å². The molecule has 6 aromatic heterocycles. The summed E-state index contributed by atoms with van der Waals surface area (Å²) in [5.41, 5.74) is 11.7. The molecular formula is C48H30N6. The zero-order valence-electron chi connectivity index (χ0n) is 29.0. The standard InChI is InChI=1S/C48H30N6/c1-2-6-40-39(5-1)41-13-11-33(45-7-3-9-47(53-45)37-23-35(27-51-29-37)31-15-19-49-20-16-31)25-43(41)44-26-34(12-14-42(40)44)46-8-4-10-48(54-46)38-24-36(28-52-30-38)32-17-21-50-22-18-32/h1-30H. The molecule has 0 radical (unpaired) electrons. The van der Waals surface area contributed by atoms with E-state index in [9.17, 15) is 0 Å². The molecule has 0 aliphatic heterocycles. The molecule has 0 bridgehead atoms. The lowest BCUT2D eigenvalue weighted by Gasteiger charge is -2.14. The minimum atomic E-state index is 0.870. The highest BCUT2D eigenvalue weighted by Crippen LogP contribution is 2.39. The first-order chi connectivity index (χ1) is 26.7. The lowest BCUT2D eigenvalue weighted by molar-refractivity contribution is 1.27. The molecule has 0 amide bonds. The van der Waals surface area contributed by atoms with Gasteiger partial charge in [-0.1, -0.05) is 60.7 Å². The van der Waals surface area contributed by atoms with Gasteiger partial charge in [0, 0.05) is 83.0 Å².